The van der Waals surface area contributed by atoms with Gasteiger partial charge < -0.3 is 25.1 Å². The summed E-state index contributed by atoms with van der Waals surface area (Å²) in [5.74, 6) is 0.737. The van der Waals surface area contributed by atoms with E-state index in [9.17, 15) is 9.90 Å². The highest BCUT2D eigenvalue weighted by Crippen LogP contribution is 2.41. The summed E-state index contributed by atoms with van der Waals surface area (Å²) >= 11 is 0. The zero-order valence-electron chi connectivity index (χ0n) is 17.2. The number of aryl methyl sites for hydroxylation is 1. The molecule has 8 nitrogen and oxygen atoms in total. The molecule has 3 aromatic rings. The van der Waals surface area contributed by atoms with Crippen LogP contribution in [0.3, 0.4) is 0 Å². The normalized spacial score (nSPS) is 10.5. The third-order valence-corrected chi connectivity index (χ3v) is 4.75. The van der Waals surface area contributed by atoms with E-state index in [1.807, 2.05) is 6.92 Å². The summed E-state index contributed by atoms with van der Waals surface area (Å²) in [6, 6.07) is 8.57. The van der Waals surface area contributed by atoms with E-state index in [-0.39, 0.29) is 11.4 Å². The number of methoxy groups -OCH3 is 3. The molecule has 3 N–H and O–H groups in total. The Bertz CT molecular complexity index is 1070. The van der Waals surface area contributed by atoms with Gasteiger partial charge in [0, 0.05) is 11.1 Å². The minimum absolute atomic E-state index is 0.247. The van der Waals surface area contributed by atoms with Crippen LogP contribution in [0.2, 0.25) is 0 Å². The predicted molar refractivity (Wildman–Crippen MR) is 113 cm³/mol. The van der Waals surface area contributed by atoms with Crippen molar-refractivity contribution < 1.29 is 24.1 Å². The lowest BCUT2D eigenvalue weighted by atomic mass is 10.00. The van der Waals surface area contributed by atoms with Crippen molar-refractivity contribution >= 4 is 11.8 Å². The average molecular weight is 409 g/mol. The van der Waals surface area contributed by atoms with E-state index in [1.54, 1.807) is 36.5 Å². The Morgan fingerprint density at radius 1 is 1.03 bits per heavy atom. The summed E-state index contributed by atoms with van der Waals surface area (Å²) in [5, 5.41) is 9.36. The van der Waals surface area contributed by atoms with Crippen LogP contribution in [-0.2, 0) is 6.42 Å². The van der Waals surface area contributed by atoms with Crippen molar-refractivity contribution in [1.82, 2.24) is 9.97 Å². The van der Waals surface area contributed by atoms with Crippen LogP contribution in [0.1, 0.15) is 22.8 Å². The molecule has 0 saturated heterocycles. The van der Waals surface area contributed by atoms with Gasteiger partial charge in [0.05, 0.1) is 38.8 Å². The van der Waals surface area contributed by atoms with E-state index in [2.05, 4.69) is 9.97 Å². The maximum absolute atomic E-state index is 11.4. The number of nitrogens with zero attached hydrogens (tertiary/aromatic N) is 2. The van der Waals surface area contributed by atoms with E-state index < -0.39 is 5.97 Å². The molecule has 0 fully saturated rings. The van der Waals surface area contributed by atoms with Crippen LogP contribution in [0.4, 0.5) is 5.82 Å². The van der Waals surface area contributed by atoms with Crippen LogP contribution in [-0.4, -0.2) is 42.4 Å². The molecule has 156 valence electrons. The van der Waals surface area contributed by atoms with Gasteiger partial charge in [-0.05, 0) is 36.2 Å². The smallest absolute Gasteiger partial charge is 0.335 e. The first kappa shape index (κ1) is 20.9. The number of carboxylic acids is 1. The molecule has 1 heterocycles. The first-order valence-electron chi connectivity index (χ1n) is 9.22. The molecule has 3 rings (SSSR count). The number of anilines is 1. The Kier molecular flexibility index (Phi) is 6.06. The second-order valence-corrected chi connectivity index (χ2v) is 6.43. The minimum Gasteiger partial charge on any atom is -0.493 e. The monoisotopic (exact) mass is 409 g/mol. The molecule has 1 aromatic heterocycles. The molecule has 0 bridgehead atoms. The van der Waals surface area contributed by atoms with Gasteiger partial charge in [0.25, 0.3) is 0 Å². The van der Waals surface area contributed by atoms with Gasteiger partial charge in [-0.2, -0.15) is 0 Å². The van der Waals surface area contributed by atoms with E-state index in [4.69, 9.17) is 19.9 Å². The highest BCUT2D eigenvalue weighted by molar-refractivity contribution is 5.90. The summed E-state index contributed by atoms with van der Waals surface area (Å²) in [7, 11) is 4.61. The molecule has 0 saturated carbocycles. The number of aromatic nitrogens is 2. The fourth-order valence-electron chi connectivity index (χ4n) is 3.22. The Morgan fingerprint density at radius 3 is 2.23 bits per heavy atom. The van der Waals surface area contributed by atoms with Crippen molar-refractivity contribution in [3.05, 3.63) is 47.7 Å². The lowest BCUT2D eigenvalue weighted by Gasteiger charge is -2.15. The quantitative estimate of drug-likeness (QED) is 0.607. The molecule has 30 heavy (non-hydrogen) atoms. The third kappa shape index (κ3) is 3.84. The molecule has 2 aromatic carbocycles. The summed E-state index contributed by atoms with van der Waals surface area (Å²) in [6.45, 7) is 1.90. The van der Waals surface area contributed by atoms with Gasteiger partial charge in [-0.15, -0.1) is 0 Å². The molecular weight excluding hydrogens is 386 g/mol. The van der Waals surface area contributed by atoms with Crippen LogP contribution in [0.25, 0.3) is 22.5 Å². The summed E-state index contributed by atoms with van der Waals surface area (Å²) in [4.78, 5) is 20.4. The maximum atomic E-state index is 11.4. The molecule has 0 amide bonds. The molecule has 0 radical (unpaired) electrons. The van der Waals surface area contributed by atoms with Crippen molar-refractivity contribution in [3.63, 3.8) is 0 Å². The largest absolute Gasteiger partial charge is 0.493 e. The number of hydrogen-bond acceptors (Lipinski definition) is 7. The Labute approximate surface area is 174 Å². The predicted octanol–water partition coefficient (Wildman–Crippen LogP) is 3.68. The number of carbonyl (C=O) groups is 1. The number of carboxylic acid groups (broad SMARTS) is 1. The second-order valence-electron chi connectivity index (χ2n) is 6.43. The molecule has 0 aliphatic carbocycles. The first-order valence-corrected chi connectivity index (χ1v) is 9.22. The topological polar surface area (TPSA) is 117 Å². The lowest BCUT2D eigenvalue weighted by Crippen LogP contribution is -2.04. The van der Waals surface area contributed by atoms with E-state index in [0.717, 1.165) is 0 Å². The van der Waals surface area contributed by atoms with Gasteiger partial charge in [-0.1, -0.05) is 13.0 Å². The van der Waals surface area contributed by atoms with Gasteiger partial charge in [0.2, 0.25) is 5.75 Å². The molecule has 0 spiro atoms. The Hall–Kier alpha value is -3.81. The summed E-state index contributed by atoms with van der Waals surface area (Å²) in [6.07, 6.45) is 2.13. The molecular formula is C22H23N3O5. The van der Waals surface area contributed by atoms with Gasteiger partial charge in [0.15, 0.2) is 11.5 Å². The fourth-order valence-corrected chi connectivity index (χ4v) is 3.22. The highest BCUT2D eigenvalue weighted by atomic mass is 16.5. The van der Waals surface area contributed by atoms with E-state index in [0.29, 0.717) is 51.7 Å². The first-order chi connectivity index (χ1) is 14.4. The number of hydrogen-bond donors (Lipinski definition) is 2. The SMILES string of the molecule is CCc1cc(-c2nc(-c3cc(OC)c(OC)c(OC)c3)cnc2N)ccc1C(=O)O. The summed E-state index contributed by atoms with van der Waals surface area (Å²) < 4.78 is 16.2. The van der Waals surface area contributed by atoms with Gasteiger partial charge in [0.1, 0.15) is 11.5 Å². The van der Waals surface area contributed by atoms with Crippen molar-refractivity contribution in [2.24, 2.45) is 0 Å². The van der Waals surface area contributed by atoms with Crippen molar-refractivity contribution in [2.75, 3.05) is 27.1 Å². The van der Waals surface area contributed by atoms with E-state index >= 15 is 0 Å². The number of aromatic carboxylic acids is 1. The number of nitrogens with two attached hydrogens (primary N) is 1. The van der Waals surface area contributed by atoms with Crippen LogP contribution >= 0.6 is 0 Å². The van der Waals surface area contributed by atoms with Crippen molar-refractivity contribution in [3.8, 4) is 39.8 Å². The maximum Gasteiger partial charge on any atom is 0.335 e. The van der Waals surface area contributed by atoms with Gasteiger partial charge >= 0.3 is 5.97 Å². The second kappa shape index (κ2) is 8.69. The van der Waals surface area contributed by atoms with Crippen LogP contribution < -0.4 is 19.9 Å². The Morgan fingerprint density at radius 2 is 1.70 bits per heavy atom. The van der Waals surface area contributed by atoms with Crippen LogP contribution in [0.5, 0.6) is 17.2 Å². The fraction of sp³-hybridized carbons (Fsp3) is 0.227. The van der Waals surface area contributed by atoms with Gasteiger partial charge in [-0.25, -0.2) is 14.8 Å². The van der Waals surface area contributed by atoms with Crippen molar-refractivity contribution in [1.29, 1.82) is 0 Å². The van der Waals surface area contributed by atoms with Gasteiger partial charge in [-0.3, -0.25) is 0 Å². The Balaban J connectivity index is 2.14. The number of benzene rings is 2. The molecule has 8 heteroatoms. The van der Waals surface area contributed by atoms with Crippen molar-refractivity contribution in [2.45, 2.75) is 13.3 Å². The van der Waals surface area contributed by atoms with Crippen LogP contribution in [0.15, 0.2) is 36.5 Å². The summed E-state index contributed by atoms with van der Waals surface area (Å²) in [5.41, 5.74) is 9.45. The lowest BCUT2D eigenvalue weighted by molar-refractivity contribution is 0.0695. The minimum atomic E-state index is -0.969. The number of ether oxygens (including phenoxy) is 3. The zero-order valence-corrected chi connectivity index (χ0v) is 17.2. The number of rotatable bonds is 7. The molecule has 0 aliphatic rings. The standard InChI is InChI=1S/C22H23N3O5/c1-5-12-8-13(6-7-15(12)22(26)27)19-21(23)24-11-16(25-19)14-9-17(28-2)20(30-4)18(10-14)29-3/h6-11H,5H2,1-4H3,(H2,23,24)(H,26,27). The third-order valence-electron chi connectivity index (χ3n) is 4.75. The average Bonchev–Trinajstić information content (AvgIpc) is 2.77. The molecule has 0 unspecified atom stereocenters. The molecule has 0 aliphatic heterocycles. The highest BCUT2D eigenvalue weighted by Gasteiger charge is 2.17. The number of nitrogen functional groups attached to an aromatic ring is 1. The molecule has 0 atom stereocenters. The zero-order chi connectivity index (χ0) is 21.8. The van der Waals surface area contributed by atoms with Crippen LogP contribution in [0, 0.1) is 0 Å². The van der Waals surface area contributed by atoms with E-state index in [1.165, 1.54) is 21.3 Å².